The Hall–Kier alpha value is -1.42. The monoisotopic (exact) mass is 239 g/mol. The van der Waals surface area contributed by atoms with E-state index >= 15 is 0 Å². The van der Waals surface area contributed by atoms with Gasteiger partial charge in [-0.15, -0.1) is 11.3 Å². The predicted molar refractivity (Wildman–Crippen MR) is 63.6 cm³/mol. The van der Waals surface area contributed by atoms with Crippen molar-refractivity contribution in [3.8, 4) is 11.1 Å². The minimum atomic E-state index is -0.847. The Labute approximate surface area is 96.5 Å². The maximum atomic E-state index is 13.1. The van der Waals surface area contributed by atoms with Gasteiger partial charge in [0.05, 0.1) is 5.00 Å². The van der Waals surface area contributed by atoms with Gasteiger partial charge in [-0.25, -0.2) is 8.78 Å². The van der Waals surface area contributed by atoms with Crippen LogP contribution in [0.4, 0.5) is 13.8 Å². The highest BCUT2D eigenvalue weighted by Gasteiger charge is 2.13. The van der Waals surface area contributed by atoms with Crippen LogP contribution in [0.15, 0.2) is 18.2 Å². The van der Waals surface area contributed by atoms with Crippen LogP contribution in [0.1, 0.15) is 10.4 Å². The molecule has 0 fully saturated rings. The highest BCUT2D eigenvalue weighted by atomic mass is 32.1. The van der Waals surface area contributed by atoms with Crippen molar-refractivity contribution >= 4 is 16.3 Å². The van der Waals surface area contributed by atoms with Crippen molar-refractivity contribution in [1.29, 1.82) is 0 Å². The van der Waals surface area contributed by atoms with Crippen molar-refractivity contribution in [3.63, 3.8) is 0 Å². The van der Waals surface area contributed by atoms with Crippen molar-refractivity contribution in [2.75, 3.05) is 5.73 Å². The molecule has 1 heterocycles. The highest BCUT2D eigenvalue weighted by molar-refractivity contribution is 7.16. The first-order chi connectivity index (χ1) is 7.50. The van der Waals surface area contributed by atoms with E-state index in [0.29, 0.717) is 10.6 Å². The first kappa shape index (κ1) is 11.1. The highest BCUT2D eigenvalue weighted by Crippen LogP contribution is 2.38. The fourth-order valence-electron chi connectivity index (χ4n) is 1.66. The number of nitrogen functional groups attached to an aromatic ring is 1. The number of anilines is 1. The molecule has 0 spiro atoms. The number of hydrogen-bond donors (Lipinski definition) is 1. The number of aryl methyl sites for hydroxylation is 1. The first-order valence-corrected chi connectivity index (χ1v) is 5.63. The van der Waals surface area contributed by atoms with Crippen LogP contribution < -0.4 is 5.73 Å². The van der Waals surface area contributed by atoms with E-state index < -0.39 is 11.6 Å². The molecule has 0 aliphatic carbocycles. The van der Waals surface area contributed by atoms with Crippen LogP contribution in [0.3, 0.4) is 0 Å². The Balaban J connectivity index is 2.63. The first-order valence-electron chi connectivity index (χ1n) is 4.81. The third kappa shape index (κ3) is 1.69. The number of halogens is 2. The van der Waals surface area contributed by atoms with Crippen LogP contribution in [-0.2, 0) is 0 Å². The second kappa shape index (κ2) is 3.87. The Morgan fingerprint density at radius 1 is 1.12 bits per heavy atom. The summed E-state index contributed by atoms with van der Waals surface area (Å²) in [5, 5.41) is 0.640. The Bertz CT molecular complexity index is 546. The minimum Gasteiger partial charge on any atom is -0.390 e. The summed E-state index contributed by atoms with van der Waals surface area (Å²) in [6.07, 6.45) is 0. The van der Waals surface area contributed by atoms with Crippen LogP contribution in [0, 0.1) is 25.5 Å². The van der Waals surface area contributed by atoms with E-state index in [1.807, 2.05) is 13.8 Å². The molecule has 0 amide bonds. The van der Waals surface area contributed by atoms with Crippen LogP contribution in [0.25, 0.3) is 11.1 Å². The van der Waals surface area contributed by atoms with Gasteiger partial charge in [0, 0.05) is 10.4 Å². The molecule has 1 aromatic carbocycles. The third-order valence-electron chi connectivity index (χ3n) is 2.62. The molecule has 0 bridgehead atoms. The predicted octanol–water partition coefficient (Wildman–Crippen LogP) is 3.89. The molecule has 0 atom stereocenters. The number of nitrogens with two attached hydrogens (primary N) is 1. The van der Waals surface area contributed by atoms with Crippen molar-refractivity contribution in [2.24, 2.45) is 0 Å². The lowest BCUT2D eigenvalue weighted by Crippen LogP contribution is -1.89. The van der Waals surface area contributed by atoms with Gasteiger partial charge in [0.2, 0.25) is 0 Å². The maximum absolute atomic E-state index is 13.1. The molecule has 0 aliphatic rings. The van der Waals surface area contributed by atoms with E-state index in [9.17, 15) is 8.78 Å². The van der Waals surface area contributed by atoms with Gasteiger partial charge in [-0.05, 0) is 37.1 Å². The fourth-order valence-corrected chi connectivity index (χ4v) is 2.62. The molecule has 2 aromatic rings. The molecular formula is C12H11F2NS. The molecule has 1 nitrogen and oxygen atoms in total. The summed E-state index contributed by atoms with van der Waals surface area (Å²) in [5.41, 5.74) is 8.32. The summed E-state index contributed by atoms with van der Waals surface area (Å²) in [7, 11) is 0. The van der Waals surface area contributed by atoms with Crippen molar-refractivity contribution in [3.05, 3.63) is 40.3 Å². The lowest BCUT2D eigenvalue weighted by atomic mass is 10.0. The zero-order valence-corrected chi connectivity index (χ0v) is 9.79. The molecule has 0 unspecified atom stereocenters. The largest absolute Gasteiger partial charge is 0.390 e. The second-order valence-electron chi connectivity index (χ2n) is 3.65. The van der Waals surface area contributed by atoms with Gasteiger partial charge in [-0.1, -0.05) is 6.07 Å². The average Bonchev–Trinajstić information content (AvgIpc) is 2.47. The molecule has 0 saturated carbocycles. The quantitative estimate of drug-likeness (QED) is 0.802. The van der Waals surface area contributed by atoms with E-state index in [0.717, 1.165) is 22.1 Å². The molecule has 0 saturated heterocycles. The van der Waals surface area contributed by atoms with Gasteiger partial charge in [0.1, 0.15) is 0 Å². The zero-order valence-electron chi connectivity index (χ0n) is 8.97. The third-order valence-corrected chi connectivity index (χ3v) is 3.66. The topological polar surface area (TPSA) is 26.0 Å². The molecular weight excluding hydrogens is 228 g/mol. The second-order valence-corrected chi connectivity index (χ2v) is 4.91. The van der Waals surface area contributed by atoms with Crippen LogP contribution in [-0.4, -0.2) is 0 Å². The molecule has 0 radical (unpaired) electrons. The van der Waals surface area contributed by atoms with Crippen LogP contribution in [0.5, 0.6) is 0 Å². The van der Waals surface area contributed by atoms with Gasteiger partial charge in [-0.3, -0.25) is 0 Å². The Morgan fingerprint density at radius 3 is 2.31 bits per heavy atom. The molecule has 2 rings (SSSR count). The minimum absolute atomic E-state index is 0.623. The SMILES string of the molecule is Cc1sc(N)c(-c2ccc(F)c(F)c2)c1C. The zero-order chi connectivity index (χ0) is 11.9. The summed E-state index contributed by atoms with van der Waals surface area (Å²) in [6, 6.07) is 3.85. The number of benzene rings is 1. The molecule has 0 aliphatic heterocycles. The van der Waals surface area contributed by atoms with Crippen LogP contribution >= 0.6 is 11.3 Å². The lowest BCUT2D eigenvalue weighted by Gasteiger charge is -2.03. The van der Waals surface area contributed by atoms with Crippen LogP contribution in [0.2, 0.25) is 0 Å². The van der Waals surface area contributed by atoms with Gasteiger partial charge >= 0.3 is 0 Å². The normalized spacial score (nSPS) is 10.8. The van der Waals surface area contributed by atoms with E-state index in [-0.39, 0.29) is 0 Å². The Morgan fingerprint density at radius 2 is 1.81 bits per heavy atom. The van der Waals surface area contributed by atoms with Crippen molar-refractivity contribution in [1.82, 2.24) is 0 Å². The maximum Gasteiger partial charge on any atom is 0.159 e. The summed E-state index contributed by atoms with van der Waals surface area (Å²) in [4.78, 5) is 1.09. The number of thiophene rings is 1. The van der Waals surface area contributed by atoms with Gasteiger partial charge in [-0.2, -0.15) is 0 Å². The van der Waals surface area contributed by atoms with Gasteiger partial charge in [0.15, 0.2) is 11.6 Å². The Kier molecular flexibility index (Phi) is 2.68. The van der Waals surface area contributed by atoms with E-state index in [2.05, 4.69) is 0 Å². The van der Waals surface area contributed by atoms with Crippen molar-refractivity contribution < 1.29 is 8.78 Å². The summed E-state index contributed by atoms with van der Waals surface area (Å²) in [5.74, 6) is -1.69. The van der Waals surface area contributed by atoms with Crippen molar-refractivity contribution in [2.45, 2.75) is 13.8 Å². The fraction of sp³-hybridized carbons (Fsp3) is 0.167. The molecule has 2 N–H and O–H groups in total. The van der Waals surface area contributed by atoms with E-state index in [1.54, 1.807) is 6.07 Å². The molecule has 84 valence electrons. The smallest absolute Gasteiger partial charge is 0.159 e. The lowest BCUT2D eigenvalue weighted by molar-refractivity contribution is 0.509. The van der Waals surface area contributed by atoms with E-state index in [4.69, 9.17) is 5.73 Å². The van der Waals surface area contributed by atoms with Gasteiger partial charge < -0.3 is 5.73 Å². The molecule has 4 heteroatoms. The molecule has 1 aromatic heterocycles. The number of hydrogen-bond acceptors (Lipinski definition) is 2. The summed E-state index contributed by atoms with van der Waals surface area (Å²) < 4.78 is 25.9. The average molecular weight is 239 g/mol. The van der Waals surface area contributed by atoms with Gasteiger partial charge in [0.25, 0.3) is 0 Å². The summed E-state index contributed by atoms with van der Waals surface area (Å²) in [6.45, 7) is 3.89. The van der Waals surface area contributed by atoms with E-state index in [1.165, 1.54) is 17.4 Å². The number of rotatable bonds is 1. The summed E-state index contributed by atoms with van der Waals surface area (Å²) >= 11 is 1.46. The standard InChI is InChI=1S/C12H11F2NS/c1-6-7(2)16-12(15)11(6)8-3-4-9(13)10(14)5-8/h3-5H,15H2,1-2H3. The molecule has 16 heavy (non-hydrogen) atoms.